The van der Waals surface area contributed by atoms with Gasteiger partial charge in [-0.15, -0.1) is 0 Å². The van der Waals surface area contributed by atoms with E-state index in [4.69, 9.17) is 5.11 Å². The molecule has 2 aromatic rings. The molecular formula is C16H16N2O3. The second kappa shape index (κ2) is 6.17. The van der Waals surface area contributed by atoms with Crippen LogP contribution in [-0.2, 0) is 11.2 Å². The van der Waals surface area contributed by atoms with E-state index in [9.17, 15) is 9.59 Å². The van der Waals surface area contributed by atoms with E-state index in [1.54, 1.807) is 6.07 Å². The van der Waals surface area contributed by atoms with Gasteiger partial charge in [0.05, 0.1) is 6.42 Å². The van der Waals surface area contributed by atoms with Gasteiger partial charge in [0.15, 0.2) is 0 Å². The monoisotopic (exact) mass is 284 g/mol. The molecule has 0 atom stereocenters. The number of carboxylic acid groups (broad SMARTS) is 1. The number of rotatable bonds is 4. The summed E-state index contributed by atoms with van der Waals surface area (Å²) >= 11 is 0. The van der Waals surface area contributed by atoms with E-state index < -0.39 is 5.97 Å². The van der Waals surface area contributed by atoms with Gasteiger partial charge in [-0.25, -0.2) is 9.78 Å². The fourth-order valence-corrected chi connectivity index (χ4v) is 1.99. The van der Waals surface area contributed by atoms with Gasteiger partial charge in [0, 0.05) is 11.9 Å². The summed E-state index contributed by atoms with van der Waals surface area (Å²) in [5, 5.41) is 11.6. The molecule has 0 bridgehead atoms. The minimum atomic E-state index is -1.12. The topological polar surface area (TPSA) is 79.3 Å². The molecule has 21 heavy (non-hydrogen) atoms. The van der Waals surface area contributed by atoms with Gasteiger partial charge in [0.1, 0.15) is 5.69 Å². The summed E-state index contributed by atoms with van der Waals surface area (Å²) in [7, 11) is 0. The number of aromatic carboxylic acids is 1. The molecule has 0 radical (unpaired) electrons. The number of carboxylic acids is 1. The summed E-state index contributed by atoms with van der Waals surface area (Å²) in [6.07, 6.45) is 1.61. The SMILES string of the molecule is Cc1ccc(C)c(CC(=O)Nc2ccnc(C(=O)O)c2)c1. The van der Waals surface area contributed by atoms with Crippen LogP contribution < -0.4 is 5.32 Å². The number of nitrogens with one attached hydrogen (secondary N) is 1. The summed E-state index contributed by atoms with van der Waals surface area (Å²) in [5.41, 5.74) is 3.44. The molecule has 0 aliphatic carbocycles. The average Bonchev–Trinajstić information content (AvgIpc) is 2.43. The molecule has 0 aliphatic heterocycles. The second-order valence-electron chi connectivity index (χ2n) is 4.89. The minimum absolute atomic E-state index is 0.0977. The molecule has 1 amide bonds. The lowest BCUT2D eigenvalue weighted by Crippen LogP contribution is -2.15. The van der Waals surface area contributed by atoms with Crippen molar-refractivity contribution in [3.05, 3.63) is 58.9 Å². The first-order valence-electron chi connectivity index (χ1n) is 6.51. The number of aryl methyl sites for hydroxylation is 2. The summed E-state index contributed by atoms with van der Waals surface area (Å²) in [6.45, 7) is 3.93. The molecule has 0 aliphatic rings. The Hall–Kier alpha value is -2.69. The Morgan fingerprint density at radius 1 is 1.19 bits per heavy atom. The van der Waals surface area contributed by atoms with Crippen LogP contribution >= 0.6 is 0 Å². The van der Waals surface area contributed by atoms with Crippen LogP contribution in [0.5, 0.6) is 0 Å². The predicted molar refractivity (Wildman–Crippen MR) is 79.4 cm³/mol. The normalized spacial score (nSPS) is 10.2. The van der Waals surface area contributed by atoms with Crippen LogP contribution in [0.15, 0.2) is 36.5 Å². The Labute approximate surface area is 122 Å². The zero-order valence-corrected chi connectivity index (χ0v) is 11.9. The van der Waals surface area contributed by atoms with Gasteiger partial charge in [0.2, 0.25) is 5.91 Å². The van der Waals surface area contributed by atoms with Gasteiger partial charge in [0.25, 0.3) is 0 Å². The molecule has 0 fully saturated rings. The molecule has 108 valence electrons. The quantitative estimate of drug-likeness (QED) is 0.904. The molecular weight excluding hydrogens is 268 g/mol. The van der Waals surface area contributed by atoms with Gasteiger partial charge < -0.3 is 10.4 Å². The first-order valence-corrected chi connectivity index (χ1v) is 6.51. The lowest BCUT2D eigenvalue weighted by atomic mass is 10.0. The van der Waals surface area contributed by atoms with Crippen molar-refractivity contribution >= 4 is 17.6 Å². The highest BCUT2D eigenvalue weighted by Gasteiger charge is 2.09. The van der Waals surface area contributed by atoms with Crippen LogP contribution in [0.25, 0.3) is 0 Å². The molecule has 2 N–H and O–H groups in total. The number of pyridine rings is 1. The van der Waals surface area contributed by atoms with Gasteiger partial charge in [-0.3, -0.25) is 4.79 Å². The maximum Gasteiger partial charge on any atom is 0.354 e. The molecule has 0 unspecified atom stereocenters. The molecule has 5 nitrogen and oxygen atoms in total. The van der Waals surface area contributed by atoms with E-state index in [1.807, 2.05) is 32.0 Å². The van der Waals surface area contributed by atoms with Crippen molar-refractivity contribution < 1.29 is 14.7 Å². The lowest BCUT2D eigenvalue weighted by Gasteiger charge is -2.08. The van der Waals surface area contributed by atoms with Gasteiger partial charge in [-0.05, 0) is 37.1 Å². The molecule has 1 aromatic heterocycles. The average molecular weight is 284 g/mol. The van der Waals surface area contributed by atoms with Crippen molar-refractivity contribution in [2.75, 3.05) is 5.32 Å². The minimum Gasteiger partial charge on any atom is -0.477 e. The Kier molecular flexibility index (Phi) is 4.33. The van der Waals surface area contributed by atoms with E-state index in [0.29, 0.717) is 5.69 Å². The molecule has 0 saturated carbocycles. The van der Waals surface area contributed by atoms with E-state index >= 15 is 0 Å². The molecule has 0 spiro atoms. The van der Waals surface area contributed by atoms with Crippen LogP contribution in [-0.4, -0.2) is 22.0 Å². The Morgan fingerprint density at radius 2 is 1.95 bits per heavy atom. The van der Waals surface area contributed by atoms with Gasteiger partial charge >= 0.3 is 5.97 Å². The third-order valence-electron chi connectivity index (χ3n) is 3.12. The third-order valence-corrected chi connectivity index (χ3v) is 3.12. The first kappa shape index (κ1) is 14.7. The Balaban J connectivity index is 2.10. The van der Waals surface area contributed by atoms with Gasteiger partial charge in [-0.1, -0.05) is 23.8 Å². The Morgan fingerprint density at radius 3 is 2.67 bits per heavy atom. The molecule has 0 saturated heterocycles. The van der Waals surface area contributed by atoms with E-state index in [1.165, 1.54) is 12.3 Å². The van der Waals surface area contributed by atoms with Crippen LogP contribution in [0.2, 0.25) is 0 Å². The first-order chi connectivity index (χ1) is 9.95. The smallest absolute Gasteiger partial charge is 0.354 e. The number of carbonyl (C=O) groups excluding carboxylic acids is 1. The van der Waals surface area contributed by atoms with Crippen LogP contribution in [0.4, 0.5) is 5.69 Å². The van der Waals surface area contributed by atoms with Crippen LogP contribution in [0.1, 0.15) is 27.2 Å². The van der Waals surface area contributed by atoms with Crippen LogP contribution in [0, 0.1) is 13.8 Å². The fraction of sp³-hybridized carbons (Fsp3) is 0.188. The Bertz CT molecular complexity index is 696. The molecule has 1 aromatic carbocycles. The van der Waals surface area contributed by atoms with E-state index in [-0.39, 0.29) is 18.0 Å². The van der Waals surface area contributed by atoms with E-state index in [0.717, 1.165) is 16.7 Å². The largest absolute Gasteiger partial charge is 0.477 e. The number of anilines is 1. The number of aromatic nitrogens is 1. The number of amides is 1. The van der Waals surface area contributed by atoms with Crippen molar-refractivity contribution in [2.45, 2.75) is 20.3 Å². The fourth-order valence-electron chi connectivity index (χ4n) is 1.99. The number of hydrogen-bond donors (Lipinski definition) is 2. The molecule has 1 heterocycles. The second-order valence-corrected chi connectivity index (χ2v) is 4.89. The highest BCUT2D eigenvalue weighted by atomic mass is 16.4. The van der Waals surface area contributed by atoms with Crippen molar-refractivity contribution in [3.63, 3.8) is 0 Å². The highest BCUT2D eigenvalue weighted by Crippen LogP contribution is 2.13. The third kappa shape index (κ3) is 3.89. The number of nitrogens with zero attached hydrogens (tertiary/aromatic N) is 1. The molecule has 2 rings (SSSR count). The maximum atomic E-state index is 12.0. The molecule has 5 heteroatoms. The van der Waals surface area contributed by atoms with Crippen molar-refractivity contribution in [3.8, 4) is 0 Å². The highest BCUT2D eigenvalue weighted by molar-refractivity contribution is 5.94. The summed E-state index contributed by atoms with van der Waals surface area (Å²) in [5.74, 6) is -1.31. The van der Waals surface area contributed by atoms with Crippen molar-refractivity contribution in [1.29, 1.82) is 0 Å². The van der Waals surface area contributed by atoms with Gasteiger partial charge in [-0.2, -0.15) is 0 Å². The van der Waals surface area contributed by atoms with Crippen molar-refractivity contribution in [2.24, 2.45) is 0 Å². The zero-order chi connectivity index (χ0) is 15.4. The van der Waals surface area contributed by atoms with Crippen LogP contribution in [0.3, 0.4) is 0 Å². The maximum absolute atomic E-state index is 12.0. The predicted octanol–water partition coefficient (Wildman–Crippen LogP) is 2.58. The summed E-state index contributed by atoms with van der Waals surface area (Å²) < 4.78 is 0. The summed E-state index contributed by atoms with van der Waals surface area (Å²) in [6, 6.07) is 8.85. The van der Waals surface area contributed by atoms with E-state index in [2.05, 4.69) is 10.3 Å². The summed E-state index contributed by atoms with van der Waals surface area (Å²) in [4.78, 5) is 26.6. The lowest BCUT2D eigenvalue weighted by molar-refractivity contribution is -0.115. The number of carbonyl (C=O) groups is 2. The number of hydrogen-bond acceptors (Lipinski definition) is 3. The number of benzene rings is 1. The van der Waals surface area contributed by atoms with Crippen molar-refractivity contribution in [1.82, 2.24) is 4.98 Å². The zero-order valence-electron chi connectivity index (χ0n) is 11.9. The standard InChI is InChI=1S/C16H16N2O3/c1-10-3-4-11(2)12(7-10)8-15(19)18-13-5-6-17-14(9-13)16(20)21/h3-7,9H,8H2,1-2H3,(H,20,21)(H,17,18,19).